The summed E-state index contributed by atoms with van der Waals surface area (Å²) in [5, 5.41) is 12.2. The Hall–Kier alpha value is -3.71. The minimum atomic E-state index is -0.270. The number of thiocarbonyl (C=S) groups is 1. The van der Waals surface area contributed by atoms with Crippen LogP contribution >= 0.6 is 12.2 Å². The summed E-state index contributed by atoms with van der Waals surface area (Å²) in [6, 6.07) is 24.5. The summed E-state index contributed by atoms with van der Waals surface area (Å²) in [6.07, 6.45) is 7.62. The Morgan fingerprint density at radius 2 is 1.39 bits per heavy atom. The summed E-state index contributed by atoms with van der Waals surface area (Å²) < 4.78 is 0. The minimum Gasteiger partial charge on any atom is -0.356 e. The monoisotopic (exact) mass is 500 g/mol. The maximum atomic E-state index is 13.0. The van der Waals surface area contributed by atoms with Gasteiger partial charge in [-0.3, -0.25) is 9.59 Å². The maximum absolute atomic E-state index is 13.0. The van der Waals surface area contributed by atoms with E-state index in [2.05, 4.69) is 21.3 Å². The molecule has 0 aliphatic heterocycles. The molecule has 186 valence electrons. The fourth-order valence-electron chi connectivity index (χ4n) is 4.47. The van der Waals surface area contributed by atoms with Crippen LogP contribution in [-0.2, 0) is 4.79 Å². The number of hydrogen-bond donors (Lipinski definition) is 4. The Kier molecular flexibility index (Phi) is 9.05. The quantitative estimate of drug-likeness (QED) is 0.254. The van der Waals surface area contributed by atoms with Gasteiger partial charge in [-0.15, -0.1) is 0 Å². The highest BCUT2D eigenvalue weighted by Gasteiger charge is 2.16. The van der Waals surface area contributed by atoms with E-state index in [0.29, 0.717) is 29.3 Å². The van der Waals surface area contributed by atoms with Crippen molar-refractivity contribution in [2.24, 2.45) is 5.92 Å². The van der Waals surface area contributed by atoms with Crippen molar-refractivity contribution >= 4 is 51.9 Å². The molecule has 3 aromatic rings. The van der Waals surface area contributed by atoms with E-state index >= 15 is 0 Å². The smallest absolute Gasteiger partial charge is 0.257 e. The SMILES string of the molecule is O=C(CCC1CCCCC1)NC(=S)Nc1ccccc1C(=O)Nc1ccc(Nc2ccccc2)cc1. The highest BCUT2D eigenvalue weighted by molar-refractivity contribution is 7.80. The van der Waals surface area contributed by atoms with Gasteiger partial charge in [0.25, 0.3) is 5.91 Å². The summed E-state index contributed by atoms with van der Waals surface area (Å²) in [5.74, 6) is 0.274. The average molecular weight is 501 g/mol. The second-order valence-electron chi connectivity index (χ2n) is 9.11. The van der Waals surface area contributed by atoms with Crippen molar-refractivity contribution in [1.29, 1.82) is 0 Å². The second-order valence-corrected chi connectivity index (χ2v) is 9.52. The first kappa shape index (κ1) is 25.4. The van der Waals surface area contributed by atoms with E-state index in [9.17, 15) is 9.59 Å². The lowest BCUT2D eigenvalue weighted by Gasteiger charge is -2.21. The lowest BCUT2D eigenvalue weighted by atomic mass is 9.86. The molecule has 1 saturated carbocycles. The van der Waals surface area contributed by atoms with Gasteiger partial charge < -0.3 is 21.3 Å². The van der Waals surface area contributed by atoms with Crippen molar-refractivity contribution in [3.8, 4) is 0 Å². The van der Waals surface area contributed by atoms with Crippen LogP contribution in [0.5, 0.6) is 0 Å². The van der Waals surface area contributed by atoms with Crippen LogP contribution in [0.2, 0.25) is 0 Å². The number of rotatable bonds is 8. The van der Waals surface area contributed by atoms with Gasteiger partial charge in [0.2, 0.25) is 5.91 Å². The van der Waals surface area contributed by atoms with E-state index in [1.165, 1.54) is 32.1 Å². The molecular formula is C29H32N4O2S. The third-order valence-corrected chi connectivity index (χ3v) is 6.59. The molecule has 0 spiro atoms. The van der Waals surface area contributed by atoms with Crippen LogP contribution in [0.3, 0.4) is 0 Å². The van der Waals surface area contributed by atoms with Gasteiger partial charge in [0.15, 0.2) is 5.11 Å². The van der Waals surface area contributed by atoms with E-state index in [1.807, 2.05) is 60.7 Å². The van der Waals surface area contributed by atoms with Crippen LogP contribution in [0.4, 0.5) is 22.7 Å². The molecule has 1 fully saturated rings. The molecule has 0 saturated heterocycles. The van der Waals surface area contributed by atoms with E-state index < -0.39 is 0 Å². The van der Waals surface area contributed by atoms with Crippen LogP contribution in [0, 0.1) is 5.92 Å². The molecule has 0 heterocycles. The standard InChI is InChI=1S/C29H32N4O2S/c34-27(20-15-21-9-3-1-4-10-21)33-29(36)32-26-14-8-7-13-25(26)28(35)31-24-18-16-23(17-19-24)30-22-11-5-2-6-12-22/h2,5-8,11-14,16-19,21,30H,1,3-4,9-10,15,20H2,(H,31,35)(H2,32,33,34,36). The van der Waals surface area contributed by atoms with Gasteiger partial charge in [0, 0.05) is 23.5 Å². The summed E-state index contributed by atoms with van der Waals surface area (Å²) in [6.45, 7) is 0. The van der Waals surface area contributed by atoms with Gasteiger partial charge in [-0.05, 0) is 73.1 Å². The third-order valence-electron chi connectivity index (χ3n) is 6.38. The van der Waals surface area contributed by atoms with E-state index in [1.54, 1.807) is 18.2 Å². The second kappa shape index (κ2) is 12.8. The Bertz CT molecular complexity index is 1180. The summed E-state index contributed by atoms with van der Waals surface area (Å²) in [5.41, 5.74) is 3.56. The molecule has 0 radical (unpaired) electrons. The lowest BCUT2D eigenvalue weighted by molar-refractivity contribution is -0.120. The number of nitrogens with one attached hydrogen (secondary N) is 4. The zero-order valence-electron chi connectivity index (χ0n) is 20.3. The molecule has 1 aliphatic carbocycles. The molecule has 2 amide bonds. The first-order valence-corrected chi connectivity index (χ1v) is 12.9. The highest BCUT2D eigenvalue weighted by atomic mass is 32.1. The molecular weight excluding hydrogens is 468 g/mol. The van der Waals surface area contributed by atoms with Gasteiger partial charge in [-0.2, -0.15) is 0 Å². The van der Waals surface area contributed by atoms with Gasteiger partial charge in [0.1, 0.15) is 0 Å². The number of carbonyl (C=O) groups is 2. The normalized spacial score (nSPS) is 13.4. The van der Waals surface area contributed by atoms with Gasteiger partial charge in [-0.25, -0.2) is 0 Å². The number of hydrogen-bond acceptors (Lipinski definition) is 4. The Morgan fingerprint density at radius 1 is 0.750 bits per heavy atom. The molecule has 0 atom stereocenters. The number of anilines is 4. The molecule has 7 heteroatoms. The van der Waals surface area contributed by atoms with Crippen molar-refractivity contribution < 1.29 is 9.59 Å². The van der Waals surface area contributed by atoms with Crippen LogP contribution in [-0.4, -0.2) is 16.9 Å². The topological polar surface area (TPSA) is 82.3 Å². The predicted molar refractivity (Wildman–Crippen MR) is 151 cm³/mol. The molecule has 6 nitrogen and oxygen atoms in total. The fourth-order valence-corrected chi connectivity index (χ4v) is 4.69. The zero-order chi connectivity index (χ0) is 25.2. The minimum absolute atomic E-state index is 0.0933. The van der Waals surface area contributed by atoms with E-state index in [0.717, 1.165) is 17.8 Å². The molecule has 4 N–H and O–H groups in total. The fraction of sp³-hybridized carbons (Fsp3) is 0.276. The Labute approximate surface area is 217 Å². The van der Waals surface area contributed by atoms with E-state index in [4.69, 9.17) is 12.2 Å². The lowest BCUT2D eigenvalue weighted by Crippen LogP contribution is -2.34. The van der Waals surface area contributed by atoms with Crippen LogP contribution in [0.25, 0.3) is 0 Å². The van der Waals surface area contributed by atoms with Crippen LogP contribution in [0.15, 0.2) is 78.9 Å². The van der Waals surface area contributed by atoms with Crippen molar-refractivity contribution in [1.82, 2.24) is 5.32 Å². The molecule has 0 unspecified atom stereocenters. The first-order chi connectivity index (χ1) is 17.6. The average Bonchev–Trinajstić information content (AvgIpc) is 2.90. The van der Waals surface area contributed by atoms with E-state index in [-0.39, 0.29) is 16.9 Å². The molecule has 0 bridgehead atoms. The van der Waals surface area contributed by atoms with Crippen LogP contribution < -0.4 is 21.3 Å². The van der Waals surface area contributed by atoms with Gasteiger partial charge >= 0.3 is 0 Å². The molecule has 3 aromatic carbocycles. The predicted octanol–water partition coefficient (Wildman–Crippen LogP) is 6.86. The number of amides is 2. The van der Waals surface area contributed by atoms with Gasteiger partial charge in [0.05, 0.1) is 11.3 Å². The Balaban J connectivity index is 1.30. The molecule has 36 heavy (non-hydrogen) atoms. The van der Waals surface area contributed by atoms with Gasteiger partial charge in [-0.1, -0.05) is 62.4 Å². The largest absolute Gasteiger partial charge is 0.356 e. The summed E-state index contributed by atoms with van der Waals surface area (Å²) in [7, 11) is 0. The Morgan fingerprint density at radius 3 is 2.14 bits per heavy atom. The highest BCUT2D eigenvalue weighted by Crippen LogP contribution is 2.27. The van der Waals surface area contributed by atoms with Crippen molar-refractivity contribution in [2.45, 2.75) is 44.9 Å². The summed E-state index contributed by atoms with van der Waals surface area (Å²) in [4.78, 5) is 25.4. The molecule has 1 aliphatic rings. The summed E-state index contributed by atoms with van der Waals surface area (Å²) >= 11 is 5.35. The molecule has 4 rings (SSSR count). The maximum Gasteiger partial charge on any atom is 0.257 e. The zero-order valence-corrected chi connectivity index (χ0v) is 21.1. The van der Waals surface area contributed by atoms with Crippen molar-refractivity contribution in [3.63, 3.8) is 0 Å². The number of carbonyl (C=O) groups excluding carboxylic acids is 2. The third kappa shape index (κ3) is 7.65. The number of benzene rings is 3. The molecule has 0 aromatic heterocycles. The number of para-hydroxylation sites is 2. The van der Waals surface area contributed by atoms with Crippen LogP contribution in [0.1, 0.15) is 55.3 Å². The van der Waals surface area contributed by atoms with Crippen molar-refractivity contribution in [2.75, 3.05) is 16.0 Å². The first-order valence-electron chi connectivity index (χ1n) is 12.5. The van der Waals surface area contributed by atoms with Crippen molar-refractivity contribution in [3.05, 3.63) is 84.4 Å².